The fourth-order valence-corrected chi connectivity index (χ4v) is 0.856. The molecule has 0 heterocycles. The Bertz CT molecular complexity index is 311. The molecule has 15 heavy (non-hydrogen) atoms. The van der Waals surface area contributed by atoms with Gasteiger partial charge in [0.25, 0.3) is 0 Å². The van der Waals surface area contributed by atoms with Gasteiger partial charge in [-0.2, -0.15) is 13.5 Å². The summed E-state index contributed by atoms with van der Waals surface area (Å²) in [5.74, 6) is 0.644. The van der Waals surface area contributed by atoms with Gasteiger partial charge in [0.15, 0.2) is 0 Å². The Balaban J connectivity index is 0.000000245. The zero-order chi connectivity index (χ0) is 10.2. The number of aromatic hydroxyl groups is 2. The minimum Gasteiger partial charge on any atom is -0.508 e. The van der Waals surface area contributed by atoms with Gasteiger partial charge in [0.1, 0.15) is 11.5 Å². The molecular formula is C12H14O2S. The van der Waals surface area contributed by atoms with Crippen molar-refractivity contribution in [2.75, 3.05) is 0 Å². The van der Waals surface area contributed by atoms with E-state index in [4.69, 9.17) is 10.2 Å². The van der Waals surface area contributed by atoms with Crippen molar-refractivity contribution in [2.45, 2.75) is 0 Å². The topological polar surface area (TPSA) is 40.5 Å². The fraction of sp³-hybridized carbons (Fsp3) is 0. The Morgan fingerprint density at radius 2 is 0.800 bits per heavy atom. The van der Waals surface area contributed by atoms with Crippen molar-refractivity contribution in [3.05, 3.63) is 60.7 Å². The Morgan fingerprint density at radius 3 is 0.933 bits per heavy atom. The third-order valence-corrected chi connectivity index (χ3v) is 1.51. The average molecular weight is 222 g/mol. The molecule has 0 radical (unpaired) electrons. The van der Waals surface area contributed by atoms with Crippen molar-refractivity contribution < 1.29 is 10.2 Å². The molecular weight excluding hydrogens is 208 g/mol. The van der Waals surface area contributed by atoms with Gasteiger partial charge in [-0.3, -0.25) is 0 Å². The molecule has 0 atom stereocenters. The summed E-state index contributed by atoms with van der Waals surface area (Å²) in [6.07, 6.45) is 0. The van der Waals surface area contributed by atoms with E-state index < -0.39 is 0 Å². The standard InChI is InChI=1S/2C6H6O.H2S/c2*7-6-4-2-1-3-5-6;/h2*1-5,7H;1H2. The van der Waals surface area contributed by atoms with Crippen LogP contribution in [0, 0.1) is 0 Å². The summed E-state index contributed by atoms with van der Waals surface area (Å²) in [6, 6.07) is 17.4. The number of hydrogen-bond acceptors (Lipinski definition) is 2. The van der Waals surface area contributed by atoms with Crippen LogP contribution in [0.5, 0.6) is 11.5 Å². The first-order valence-electron chi connectivity index (χ1n) is 4.27. The predicted octanol–water partition coefficient (Wildman–Crippen LogP) is 2.90. The first-order valence-corrected chi connectivity index (χ1v) is 4.27. The first kappa shape index (κ1) is 13.4. The minimum absolute atomic E-state index is 0. The Kier molecular flexibility index (Phi) is 6.93. The molecule has 0 saturated heterocycles. The maximum Gasteiger partial charge on any atom is 0.115 e. The van der Waals surface area contributed by atoms with Crippen LogP contribution in [0.25, 0.3) is 0 Å². The van der Waals surface area contributed by atoms with E-state index in [-0.39, 0.29) is 13.5 Å². The van der Waals surface area contributed by atoms with E-state index in [1.165, 1.54) is 0 Å². The number of phenols is 2. The summed E-state index contributed by atoms with van der Waals surface area (Å²) in [5, 5.41) is 17.3. The molecule has 0 fully saturated rings. The molecule has 0 saturated carbocycles. The van der Waals surface area contributed by atoms with Gasteiger partial charge in [-0.1, -0.05) is 36.4 Å². The molecule has 0 aromatic heterocycles. The first-order chi connectivity index (χ1) is 6.79. The van der Waals surface area contributed by atoms with Crippen molar-refractivity contribution in [2.24, 2.45) is 0 Å². The van der Waals surface area contributed by atoms with Crippen LogP contribution in [-0.4, -0.2) is 10.2 Å². The summed E-state index contributed by atoms with van der Waals surface area (Å²) in [6.45, 7) is 0. The molecule has 0 aliphatic carbocycles. The predicted molar refractivity (Wildman–Crippen MR) is 66.6 cm³/mol. The SMILES string of the molecule is Oc1ccccc1.Oc1ccccc1.S. The van der Waals surface area contributed by atoms with E-state index in [2.05, 4.69) is 0 Å². The summed E-state index contributed by atoms with van der Waals surface area (Å²) >= 11 is 0. The highest BCUT2D eigenvalue weighted by Gasteiger charge is 1.75. The molecule has 80 valence electrons. The second kappa shape index (κ2) is 7.76. The fourth-order valence-electron chi connectivity index (χ4n) is 0.856. The van der Waals surface area contributed by atoms with Crippen molar-refractivity contribution in [3.8, 4) is 11.5 Å². The van der Waals surface area contributed by atoms with Crippen LogP contribution in [0.3, 0.4) is 0 Å². The monoisotopic (exact) mass is 222 g/mol. The van der Waals surface area contributed by atoms with Crippen molar-refractivity contribution >= 4 is 13.5 Å². The summed E-state index contributed by atoms with van der Waals surface area (Å²) in [4.78, 5) is 0. The lowest BCUT2D eigenvalue weighted by molar-refractivity contribution is 0.475. The van der Waals surface area contributed by atoms with Gasteiger partial charge in [0, 0.05) is 0 Å². The maximum atomic E-state index is 8.63. The van der Waals surface area contributed by atoms with E-state index in [1.54, 1.807) is 48.5 Å². The smallest absolute Gasteiger partial charge is 0.115 e. The third-order valence-electron chi connectivity index (χ3n) is 1.51. The average Bonchev–Trinajstić information content (AvgIpc) is 2.21. The number of para-hydroxylation sites is 2. The number of rotatable bonds is 0. The Labute approximate surface area is 96.3 Å². The molecule has 2 nitrogen and oxygen atoms in total. The normalized spacial score (nSPS) is 8.00. The Morgan fingerprint density at radius 1 is 0.533 bits per heavy atom. The molecule has 2 aromatic carbocycles. The van der Waals surface area contributed by atoms with Gasteiger partial charge in [0.2, 0.25) is 0 Å². The van der Waals surface area contributed by atoms with Gasteiger partial charge in [-0.05, 0) is 24.3 Å². The lowest BCUT2D eigenvalue weighted by Crippen LogP contribution is -1.56. The van der Waals surface area contributed by atoms with Crippen LogP contribution >= 0.6 is 13.5 Å². The van der Waals surface area contributed by atoms with E-state index in [9.17, 15) is 0 Å². The highest BCUT2D eigenvalue weighted by Crippen LogP contribution is 2.03. The summed E-state index contributed by atoms with van der Waals surface area (Å²) in [5.41, 5.74) is 0. The zero-order valence-electron chi connectivity index (χ0n) is 8.17. The largest absolute Gasteiger partial charge is 0.508 e. The lowest BCUT2D eigenvalue weighted by Gasteiger charge is -1.82. The highest BCUT2D eigenvalue weighted by atomic mass is 32.1. The zero-order valence-corrected chi connectivity index (χ0v) is 9.17. The second-order valence-electron chi connectivity index (χ2n) is 2.67. The van der Waals surface area contributed by atoms with Gasteiger partial charge >= 0.3 is 0 Å². The van der Waals surface area contributed by atoms with Gasteiger partial charge in [-0.15, -0.1) is 0 Å². The number of benzene rings is 2. The van der Waals surface area contributed by atoms with Crippen molar-refractivity contribution in [3.63, 3.8) is 0 Å². The van der Waals surface area contributed by atoms with Crippen LogP contribution in [-0.2, 0) is 0 Å². The lowest BCUT2D eigenvalue weighted by atomic mass is 10.3. The van der Waals surface area contributed by atoms with Crippen LogP contribution in [0.4, 0.5) is 0 Å². The van der Waals surface area contributed by atoms with Crippen LogP contribution in [0.1, 0.15) is 0 Å². The van der Waals surface area contributed by atoms with Crippen molar-refractivity contribution in [1.82, 2.24) is 0 Å². The van der Waals surface area contributed by atoms with Gasteiger partial charge in [-0.25, -0.2) is 0 Å². The number of hydrogen-bond donors (Lipinski definition) is 2. The Hall–Kier alpha value is -1.61. The molecule has 0 aliphatic rings. The quantitative estimate of drug-likeness (QED) is 0.719. The van der Waals surface area contributed by atoms with Crippen LogP contribution < -0.4 is 0 Å². The number of phenolic OH excluding ortho intramolecular Hbond substituents is 2. The van der Waals surface area contributed by atoms with Crippen molar-refractivity contribution in [1.29, 1.82) is 0 Å². The minimum atomic E-state index is 0. The van der Waals surface area contributed by atoms with Crippen LogP contribution in [0.2, 0.25) is 0 Å². The second-order valence-corrected chi connectivity index (χ2v) is 2.67. The molecule has 2 N–H and O–H groups in total. The molecule has 0 aliphatic heterocycles. The molecule has 0 spiro atoms. The summed E-state index contributed by atoms with van der Waals surface area (Å²) in [7, 11) is 0. The molecule has 0 unspecified atom stereocenters. The van der Waals surface area contributed by atoms with Gasteiger partial charge < -0.3 is 10.2 Å². The molecule has 2 aromatic rings. The molecule has 0 amide bonds. The molecule has 3 heteroatoms. The molecule has 0 bridgehead atoms. The van der Waals surface area contributed by atoms with Crippen LogP contribution in [0.15, 0.2) is 60.7 Å². The summed E-state index contributed by atoms with van der Waals surface area (Å²) < 4.78 is 0. The third kappa shape index (κ3) is 6.46. The van der Waals surface area contributed by atoms with Gasteiger partial charge in [0.05, 0.1) is 0 Å². The highest BCUT2D eigenvalue weighted by molar-refractivity contribution is 7.59. The maximum absolute atomic E-state index is 8.63. The van der Waals surface area contributed by atoms with E-state index in [1.807, 2.05) is 12.1 Å². The van der Waals surface area contributed by atoms with E-state index >= 15 is 0 Å². The van der Waals surface area contributed by atoms with E-state index in [0.29, 0.717) is 11.5 Å². The van der Waals surface area contributed by atoms with E-state index in [0.717, 1.165) is 0 Å². The molecule has 2 rings (SSSR count).